The minimum Gasteiger partial charge on any atom is -0.450 e. The lowest BCUT2D eigenvalue weighted by Gasteiger charge is -2.07. The second-order valence-corrected chi connectivity index (χ2v) is 5.42. The minimum atomic E-state index is -0.743. The van der Waals surface area contributed by atoms with Crippen LogP contribution in [0.5, 0.6) is 0 Å². The van der Waals surface area contributed by atoms with Crippen molar-refractivity contribution in [2.24, 2.45) is 0 Å². The average molecular weight is 289 g/mol. The Morgan fingerprint density at radius 2 is 1.90 bits per heavy atom. The van der Waals surface area contributed by atoms with Crippen molar-refractivity contribution in [3.63, 3.8) is 0 Å². The SMILES string of the molecule is CC(=O)[C@H](C)OC(=O)c1csc(-c2ccc(C)cc2)n1. The highest BCUT2D eigenvalue weighted by atomic mass is 32.1. The van der Waals surface area contributed by atoms with E-state index in [0.29, 0.717) is 0 Å². The van der Waals surface area contributed by atoms with E-state index in [4.69, 9.17) is 4.74 Å². The Bertz CT molecular complexity index is 631. The molecule has 1 heterocycles. The Morgan fingerprint density at radius 3 is 2.50 bits per heavy atom. The van der Waals surface area contributed by atoms with Crippen LogP contribution in [-0.4, -0.2) is 22.8 Å². The Kier molecular flexibility index (Phi) is 4.29. The number of thiazole rings is 1. The molecule has 1 aromatic heterocycles. The van der Waals surface area contributed by atoms with Crippen LogP contribution >= 0.6 is 11.3 Å². The number of hydrogen-bond acceptors (Lipinski definition) is 5. The number of aromatic nitrogens is 1. The Hall–Kier alpha value is -2.01. The fourth-order valence-electron chi connectivity index (χ4n) is 1.50. The molecule has 0 aliphatic heterocycles. The van der Waals surface area contributed by atoms with Crippen LogP contribution in [-0.2, 0) is 9.53 Å². The monoisotopic (exact) mass is 289 g/mol. The molecule has 2 aromatic rings. The van der Waals surface area contributed by atoms with Gasteiger partial charge in [0.15, 0.2) is 17.6 Å². The van der Waals surface area contributed by atoms with E-state index in [1.807, 2.05) is 31.2 Å². The average Bonchev–Trinajstić information content (AvgIpc) is 2.89. The molecule has 0 N–H and O–H groups in total. The summed E-state index contributed by atoms with van der Waals surface area (Å²) in [7, 11) is 0. The summed E-state index contributed by atoms with van der Waals surface area (Å²) in [5, 5.41) is 2.40. The van der Waals surface area contributed by atoms with Crippen LogP contribution in [0.15, 0.2) is 29.6 Å². The van der Waals surface area contributed by atoms with Gasteiger partial charge in [-0.2, -0.15) is 0 Å². The highest BCUT2D eigenvalue weighted by Crippen LogP contribution is 2.24. The van der Waals surface area contributed by atoms with Crippen molar-refractivity contribution in [2.45, 2.75) is 26.9 Å². The number of aryl methyl sites for hydroxylation is 1. The number of carbonyl (C=O) groups excluding carboxylic acids is 2. The van der Waals surface area contributed by atoms with Gasteiger partial charge in [-0.3, -0.25) is 4.79 Å². The molecule has 0 amide bonds. The van der Waals surface area contributed by atoms with Gasteiger partial charge < -0.3 is 4.74 Å². The van der Waals surface area contributed by atoms with Gasteiger partial charge in [0.05, 0.1) is 0 Å². The van der Waals surface area contributed by atoms with E-state index in [9.17, 15) is 9.59 Å². The molecule has 2 rings (SSSR count). The lowest BCUT2D eigenvalue weighted by atomic mass is 10.2. The van der Waals surface area contributed by atoms with Crippen molar-refractivity contribution in [3.8, 4) is 10.6 Å². The smallest absolute Gasteiger partial charge is 0.358 e. The topological polar surface area (TPSA) is 56.3 Å². The number of Topliss-reactive ketones (excluding diaryl/α,β-unsaturated/α-hetero) is 1. The zero-order valence-electron chi connectivity index (χ0n) is 11.5. The molecular weight excluding hydrogens is 274 g/mol. The van der Waals surface area contributed by atoms with Gasteiger partial charge in [-0.15, -0.1) is 11.3 Å². The number of rotatable bonds is 4. The van der Waals surface area contributed by atoms with Crippen molar-refractivity contribution in [1.82, 2.24) is 4.98 Å². The fraction of sp³-hybridized carbons (Fsp3) is 0.267. The van der Waals surface area contributed by atoms with E-state index in [1.54, 1.807) is 12.3 Å². The Labute approximate surface area is 121 Å². The number of ether oxygens (including phenoxy) is 1. The number of esters is 1. The van der Waals surface area contributed by atoms with Gasteiger partial charge in [0.2, 0.25) is 0 Å². The van der Waals surface area contributed by atoms with E-state index >= 15 is 0 Å². The van der Waals surface area contributed by atoms with E-state index in [0.717, 1.165) is 10.6 Å². The van der Waals surface area contributed by atoms with Crippen LogP contribution in [0.3, 0.4) is 0 Å². The van der Waals surface area contributed by atoms with Crippen molar-refractivity contribution in [3.05, 3.63) is 40.9 Å². The molecule has 0 aliphatic carbocycles. The molecule has 104 valence electrons. The molecule has 20 heavy (non-hydrogen) atoms. The fourth-order valence-corrected chi connectivity index (χ4v) is 2.30. The maximum Gasteiger partial charge on any atom is 0.358 e. The number of nitrogens with zero attached hydrogens (tertiary/aromatic N) is 1. The van der Waals surface area contributed by atoms with Gasteiger partial charge in [0.1, 0.15) is 5.01 Å². The second kappa shape index (κ2) is 5.96. The molecule has 0 unspecified atom stereocenters. The summed E-state index contributed by atoms with van der Waals surface area (Å²) in [6.45, 7) is 4.95. The normalized spacial score (nSPS) is 11.9. The predicted octanol–water partition coefficient (Wildman–Crippen LogP) is 3.25. The third kappa shape index (κ3) is 3.30. The number of carbonyl (C=O) groups is 2. The lowest BCUT2D eigenvalue weighted by Crippen LogP contribution is -2.21. The molecule has 0 spiro atoms. The van der Waals surface area contributed by atoms with Crippen LogP contribution in [0.4, 0.5) is 0 Å². The summed E-state index contributed by atoms with van der Waals surface area (Å²) in [4.78, 5) is 27.2. The molecule has 1 aromatic carbocycles. The van der Waals surface area contributed by atoms with E-state index in [2.05, 4.69) is 4.98 Å². The van der Waals surface area contributed by atoms with E-state index < -0.39 is 12.1 Å². The summed E-state index contributed by atoms with van der Waals surface area (Å²) in [6.07, 6.45) is -0.743. The van der Waals surface area contributed by atoms with Gasteiger partial charge in [-0.05, 0) is 20.8 Å². The predicted molar refractivity (Wildman–Crippen MR) is 77.8 cm³/mol. The van der Waals surface area contributed by atoms with Crippen LogP contribution in [0.2, 0.25) is 0 Å². The molecule has 0 aliphatic rings. The molecular formula is C15H15NO3S. The summed E-state index contributed by atoms with van der Waals surface area (Å²) in [5.74, 6) is -0.755. The minimum absolute atomic E-state index is 0.188. The van der Waals surface area contributed by atoms with Crippen LogP contribution in [0, 0.1) is 6.92 Å². The molecule has 0 radical (unpaired) electrons. The zero-order chi connectivity index (χ0) is 14.7. The third-order valence-electron chi connectivity index (χ3n) is 2.87. The number of hydrogen-bond donors (Lipinski definition) is 0. The molecule has 1 atom stereocenters. The summed E-state index contributed by atoms with van der Waals surface area (Å²) in [6, 6.07) is 7.90. The van der Waals surface area contributed by atoms with Crippen LogP contribution < -0.4 is 0 Å². The third-order valence-corrected chi connectivity index (χ3v) is 3.76. The van der Waals surface area contributed by atoms with Crippen molar-refractivity contribution in [2.75, 3.05) is 0 Å². The Morgan fingerprint density at radius 1 is 1.25 bits per heavy atom. The number of benzene rings is 1. The molecule has 0 fully saturated rings. The van der Waals surface area contributed by atoms with Gasteiger partial charge >= 0.3 is 5.97 Å². The maximum absolute atomic E-state index is 11.8. The second-order valence-electron chi connectivity index (χ2n) is 4.56. The highest BCUT2D eigenvalue weighted by Gasteiger charge is 2.18. The molecule has 0 saturated carbocycles. The molecule has 0 bridgehead atoms. The molecule has 5 heteroatoms. The first-order valence-corrected chi connectivity index (χ1v) is 7.09. The van der Waals surface area contributed by atoms with Crippen LogP contribution in [0.25, 0.3) is 10.6 Å². The van der Waals surface area contributed by atoms with Gasteiger partial charge in [0.25, 0.3) is 0 Å². The van der Waals surface area contributed by atoms with Gasteiger partial charge in [-0.25, -0.2) is 9.78 Å². The quantitative estimate of drug-likeness (QED) is 0.811. The van der Waals surface area contributed by atoms with Crippen LogP contribution in [0.1, 0.15) is 29.9 Å². The standard InChI is InChI=1S/C15H15NO3S/c1-9-4-6-12(7-5-9)14-16-13(8-20-14)15(18)19-11(3)10(2)17/h4-8,11H,1-3H3/t11-/m0/s1. The lowest BCUT2D eigenvalue weighted by molar-refractivity contribution is -0.124. The van der Waals surface area contributed by atoms with Crippen molar-refractivity contribution >= 4 is 23.1 Å². The molecule has 0 saturated heterocycles. The van der Waals surface area contributed by atoms with Crippen molar-refractivity contribution in [1.29, 1.82) is 0 Å². The Balaban J connectivity index is 2.14. The van der Waals surface area contributed by atoms with Gasteiger partial charge in [-0.1, -0.05) is 29.8 Å². The molecule has 4 nitrogen and oxygen atoms in total. The van der Waals surface area contributed by atoms with Gasteiger partial charge in [0, 0.05) is 10.9 Å². The van der Waals surface area contributed by atoms with E-state index in [-0.39, 0.29) is 11.5 Å². The summed E-state index contributed by atoms with van der Waals surface area (Å²) >= 11 is 1.38. The summed E-state index contributed by atoms with van der Waals surface area (Å²) < 4.78 is 5.02. The first kappa shape index (κ1) is 14.4. The zero-order valence-corrected chi connectivity index (χ0v) is 12.4. The van der Waals surface area contributed by atoms with E-state index in [1.165, 1.54) is 23.8 Å². The largest absolute Gasteiger partial charge is 0.450 e. The summed E-state index contributed by atoms with van der Waals surface area (Å²) in [5.41, 5.74) is 2.36. The first-order chi connectivity index (χ1) is 9.47. The maximum atomic E-state index is 11.8. The first-order valence-electron chi connectivity index (χ1n) is 6.21. The van der Waals surface area contributed by atoms with Crippen molar-refractivity contribution < 1.29 is 14.3 Å². The highest BCUT2D eigenvalue weighted by molar-refractivity contribution is 7.13. The number of ketones is 1.